The maximum absolute atomic E-state index is 12.3. The Morgan fingerprint density at radius 1 is 1.10 bits per heavy atom. The van der Waals surface area contributed by atoms with E-state index in [1.807, 2.05) is 0 Å². The molecule has 0 spiro atoms. The van der Waals surface area contributed by atoms with Crippen LogP contribution in [-0.2, 0) is 30.9 Å². The van der Waals surface area contributed by atoms with Gasteiger partial charge in [0.15, 0.2) is 0 Å². The molecule has 0 fully saturated rings. The van der Waals surface area contributed by atoms with Crippen LogP contribution >= 0.6 is 11.3 Å². The first-order chi connectivity index (χ1) is 17.8. The van der Waals surface area contributed by atoms with Crippen molar-refractivity contribution in [2.24, 2.45) is 11.7 Å². The molecule has 2 atom stereocenters. The number of halogens is 3. The normalized spacial score (nSPS) is 12.7. The highest BCUT2D eigenvalue weighted by Gasteiger charge is 2.38. The minimum Gasteiger partial charge on any atom is -0.480 e. The highest BCUT2D eigenvalue weighted by molar-refractivity contribution is 7.85. The molecule has 1 unspecified atom stereocenters. The number of nitrogens with one attached hydrogen (secondary N) is 2. The van der Waals surface area contributed by atoms with E-state index in [9.17, 15) is 36.0 Å². The molecular formula is C21H22F3N3O10S2. The van der Waals surface area contributed by atoms with Gasteiger partial charge in [-0.15, -0.1) is 11.3 Å². The summed E-state index contributed by atoms with van der Waals surface area (Å²) in [6, 6.07) is 7.44. The van der Waals surface area contributed by atoms with Gasteiger partial charge in [0.05, 0.1) is 0 Å². The van der Waals surface area contributed by atoms with Gasteiger partial charge in [0.2, 0.25) is 5.91 Å². The maximum atomic E-state index is 12.3. The zero-order valence-corrected chi connectivity index (χ0v) is 21.4. The van der Waals surface area contributed by atoms with E-state index < -0.39 is 57.8 Å². The molecule has 39 heavy (non-hydrogen) atoms. The first-order valence-corrected chi connectivity index (χ1v) is 12.8. The van der Waals surface area contributed by atoms with Crippen molar-refractivity contribution in [3.05, 3.63) is 51.7 Å². The molecule has 0 bridgehead atoms. The molecule has 0 saturated heterocycles. The summed E-state index contributed by atoms with van der Waals surface area (Å²) in [5.41, 5.74) is 5.85. The largest absolute Gasteiger partial charge is 0.490 e. The van der Waals surface area contributed by atoms with E-state index in [4.69, 9.17) is 35.4 Å². The maximum Gasteiger partial charge on any atom is 0.490 e. The van der Waals surface area contributed by atoms with E-state index in [-0.39, 0.29) is 22.9 Å². The lowest BCUT2D eigenvalue weighted by atomic mass is 10.1. The fraction of sp³-hybridized carbons (Fsp3) is 0.286. The van der Waals surface area contributed by atoms with Crippen LogP contribution in [0.25, 0.3) is 0 Å². The molecule has 7 N–H and O–H groups in total. The quantitative estimate of drug-likeness (QED) is 0.0755. The van der Waals surface area contributed by atoms with E-state index >= 15 is 0 Å². The van der Waals surface area contributed by atoms with Crippen LogP contribution in [0.4, 0.5) is 13.2 Å². The molecule has 1 amide bonds. The van der Waals surface area contributed by atoms with E-state index in [1.54, 1.807) is 6.07 Å². The Labute approximate surface area is 222 Å². The van der Waals surface area contributed by atoms with Gasteiger partial charge in [-0.05, 0) is 42.8 Å². The van der Waals surface area contributed by atoms with Crippen LogP contribution in [0.3, 0.4) is 0 Å². The van der Waals surface area contributed by atoms with Crippen molar-refractivity contribution in [3.63, 3.8) is 0 Å². The molecule has 0 aliphatic rings. The van der Waals surface area contributed by atoms with Gasteiger partial charge in [-0.2, -0.15) is 21.6 Å². The van der Waals surface area contributed by atoms with Gasteiger partial charge in [-0.25, -0.2) is 14.4 Å². The Hall–Kier alpha value is -4.03. The summed E-state index contributed by atoms with van der Waals surface area (Å²) in [5, 5.41) is 25.6. The summed E-state index contributed by atoms with van der Waals surface area (Å²) in [6.07, 6.45) is -4.92. The minimum atomic E-state index is -5.08. The SMILES string of the molecule is CC(Cc1ccc(C(=O)Oc2ccc(C(=N)N)cc2)s1)C(=O)N[C@@H](CS(=O)(=O)O)C(=O)O.O=C(O)C(F)(F)F. The summed E-state index contributed by atoms with van der Waals surface area (Å²) in [6.45, 7) is 1.51. The van der Waals surface area contributed by atoms with E-state index in [2.05, 4.69) is 5.32 Å². The van der Waals surface area contributed by atoms with Crippen LogP contribution < -0.4 is 15.8 Å². The predicted molar refractivity (Wildman–Crippen MR) is 129 cm³/mol. The number of nitrogen functional groups attached to an aromatic ring is 1. The number of hydrogen-bond donors (Lipinski definition) is 6. The molecule has 2 rings (SSSR count). The lowest BCUT2D eigenvalue weighted by molar-refractivity contribution is -0.192. The summed E-state index contributed by atoms with van der Waals surface area (Å²) in [4.78, 5) is 45.5. The number of nitrogens with two attached hydrogens (primary N) is 1. The zero-order valence-electron chi connectivity index (χ0n) is 19.8. The minimum absolute atomic E-state index is 0.114. The molecule has 0 radical (unpaired) electrons. The number of carbonyl (C=O) groups is 4. The number of amides is 1. The molecular weight excluding hydrogens is 575 g/mol. The van der Waals surface area contributed by atoms with Crippen molar-refractivity contribution in [2.45, 2.75) is 25.6 Å². The Kier molecular flexibility index (Phi) is 11.6. The first kappa shape index (κ1) is 33.0. The number of carboxylic acid groups (broad SMARTS) is 2. The highest BCUT2D eigenvalue weighted by Crippen LogP contribution is 2.22. The molecule has 214 valence electrons. The van der Waals surface area contributed by atoms with Crippen molar-refractivity contribution in [2.75, 3.05) is 5.75 Å². The molecule has 1 aromatic carbocycles. The van der Waals surface area contributed by atoms with Gasteiger partial charge in [-0.1, -0.05) is 6.92 Å². The van der Waals surface area contributed by atoms with Gasteiger partial charge >= 0.3 is 24.1 Å². The molecule has 1 heterocycles. The van der Waals surface area contributed by atoms with E-state index in [0.717, 1.165) is 11.3 Å². The van der Waals surface area contributed by atoms with Crippen LogP contribution in [0.15, 0.2) is 36.4 Å². The predicted octanol–water partition coefficient (Wildman–Crippen LogP) is 1.52. The number of carbonyl (C=O) groups excluding carboxylic acids is 2. The molecule has 18 heteroatoms. The number of benzene rings is 1. The number of rotatable bonds is 10. The molecule has 0 aliphatic carbocycles. The van der Waals surface area contributed by atoms with Crippen molar-refractivity contribution in [1.29, 1.82) is 5.41 Å². The fourth-order valence-corrected chi connectivity index (χ4v) is 4.21. The van der Waals surface area contributed by atoms with Gasteiger partial charge in [-0.3, -0.25) is 14.8 Å². The van der Waals surface area contributed by atoms with Crippen LogP contribution in [0.5, 0.6) is 5.75 Å². The number of ether oxygens (including phenoxy) is 1. The second-order valence-electron chi connectivity index (χ2n) is 7.65. The summed E-state index contributed by atoms with van der Waals surface area (Å²) in [5.74, 6) is -7.42. The smallest absolute Gasteiger partial charge is 0.480 e. The zero-order chi connectivity index (χ0) is 30.1. The number of carboxylic acids is 2. The Morgan fingerprint density at radius 3 is 2.08 bits per heavy atom. The Balaban J connectivity index is 0.000000956. The fourth-order valence-electron chi connectivity index (χ4n) is 2.55. The lowest BCUT2D eigenvalue weighted by Crippen LogP contribution is -2.47. The Morgan fingerprint density at radius 2 is 1.64 bits per heavy atom. The first-order valence-electron chi connectivity index (χ1n) is 10.3. The molecule has 13 nitrogen and oxygen atoms in total. The number of aliphatic carboxylic acids is 2. The van der Waals surface area contributed by atoms with Gasteiger partial charge in [0.25, 0.3) is 10.1 Å². The number of amidine groups is 1. The lowest BCUT2D eigenvalue weighted by Gasteiger charge is -2.16. The van der Waals surface area contributed by atoms with Crippen LogP contribution in [0.2, 0.25) is 0 Å². The summed E-state index contributed by atoms with van der Waals surface area (Å²) < 4.78 is 67.7. The van der Waals surface area contributed by atoms with Crippen molar-refractivity contribution in [3.8, 4) is 5.75 Å². The van der Waals surface area contributed by atoms with E-state index in [0.29, 0.717) is 10.4 Å². The molecule has 0 aliphatic heterocycles. The second kappa shape index (κ2) is 13.7. The monoisotopic (exact) mass is 597 g/mol. The molecule has 0 saturated carbocycles. The standard InChI is InChI=1S/C19H21N3O8S2.C2HF3O2/c1-10(17(23)22-14(18(24)25)9-32(27,28)29)8-13-6-7-15(31-13)19(26)30-12-4-2-11(3-5-12)16(20)21;3-2(4,5)1(6)7/h2-7,10,14H,8-9H2,1H3,(H3,20,21)(H,22,23)(H,24,25)(H,27,28,29);(H,6,7)/t10?,14-;/m0./s1. The average molecular weight is 598 g/mol. The third-order valence-corrected chi connectivity index (χ3v) is 6.27. The van der Waals surface area contributed by atoms with Crippen LogP contribution in [-0.4, -0.2) is 70.8 Å². The van der Waals surface area contributed by atoms with Gasteiger partial charge < -0.3 is 26.0 Å². The third kappa shape index (κ3) is 11.9. The van der Waals surface area contributed by atoms with Crippen molar-refractivity contribution in [1.82, 2.24) is 5.32 Å². The van der Waals surface area contributed by atoms with Crippen molar-refractivity contribution >= 4 is 51.1 Å². The summed E-state index contributed by atoms with van der Waals surface area (Å²) in [7, 11) is -4.60. The van der Waals surface area contributed by atoms with Crippen LogP contribution in [0.1, 0.15) is 27.0 Å². The number of alkyl halides is 3. The molecule has 2 aromatic rings. The van der Waals surface area contributed by atoms with Crippen LogP contribution in [0, 0.1) is 11.3 Å². The Bertz CT molecular complexity index is 1330. The molecule has 1 aromatic heterocycles. The van der Waals surface area contributed by atoms with Crippen molar-refractivity contribution < 1.29 is 60.3 Å². The number of hydrogen-bond acceptors (Lipinski definition) is 9. The van der Waals surface area contributed by atoms with Gasteiger partial charge in [0.1, 0.15) is 28.3 Å². The highest BCUT2D eigenvalue weighted by atomic mass is 32.2. The van der Waals surface area contributed by atoms with E-state index in [1.165, 1.54) is 37.3 Å². The number of esters is 1. The average Bonchev–Trinajstić information content (AvgIpc) is 3.26. The topological polar surface area (TPSA) is 234 Å². The van der Waals surface area contributed by atoms with Gasteiger partial charge in [0, 0.05) is 16.4 Å². The number of thiophene rings is 1. The third-order valence-electron chi connectivity index (χ3n) is 4.43. The summed E-state index contributed by atoms with van der Waals surface area (Å²) >= 11 is 1.09. The second-order valence-corrected chi connectivity index (χ2v) is 10.3.